The molecule has 1 saturated carbocycles. The zero-order valence-corrected chi connectivity index (χ0v) is 13.0. The van der Waals surface area contributed by atoms with Gasteiger partial charge in [0, 0.05) is 23.4 Å². The third kappa shape index (κ3) is 3.89. The quantitative estimate of drug-likeness (QED) is 0.327. The fraction of sp³-hybridized carbons (Fsp3) is 0.533. The van der Waals surface area contributed by atoms with Gasteiger partial charge in [-0.2, -0.15) is 11.8 Å². The lowest BCUT2D eigenvalue weighted by atomic mass is 10.1. The van der Waals surface area contributed by atoms with Crippen LogP contribution in [-0.4, -0.2) is 28.1 Å². The molecule has 4 N–H and O–H groups in total. The lowest BCUT2D eigenvalue weighted by Gasteiger charge is -2.20. The molecule has 4 nitrogen and oxygen atoms in total. The molecule has 0 aromatic heterocycles. The van der Waals surface area contributed by atoms with Crippen molar-refractivity contribution in [1.82, 2.24) is 5.32 Å². The topological polar surface area (TPSA) is 70.6 Å². The molecule has 0 aliphatic heterocycles. The summed E-state index contributed by atoms with van der Waals surface area (Å²) in [7, 11) is 0. The number of hydrogen-bond donors (Lipinski definition) is 3. The number of oxime groups is 1. The van der Waals surface area contributed by atoms with Crippen LogP contribution >= 0.6 is 11.8 Å². The van der Waals surface area contributed by atoms with Crippen LogP contribution in [0.2, 0.25) is 0 Å². The zero-order valence-electron chi connectivity index (χ0n) is 12.2. The highest BCUT2D eigenvalue weighted by Crippen LogP contribution is 2.30. The Hall–Kier alpha value is -1.27. The van der Waals surface area contributed by atoms with E-state index < -0.39 is 5.82 Å². The molecule has 2 atom stereocenters. The van der Waals surface area contributed by atoms with Crippen molar-refractivity contribution in [3.8, 4) is 0 Å². The molecule has 0 bridgehead atoms. The lowest BCUT2D eigenvalue weighted by molar-refractivity contribution is 0.318. The number of rotatable bonds is 6. The maximum Gasteiger partial charge on any atom is 0.173 e. The van der Waals surface area contributed by atoms with Gasteiger partial charge < -0.3 is 16.3 Å². The minimum atomic E-state index is -0.419. The van der Waals surface area contributed by atoms with E-state index in [1.807, 2.05) is 11.8 Å². The Labute approximate surface area is 129 Å². The van der Waals surface area contributed by atoms with E-state index in [4.69, 9.17) is 10.9 Å². The molecule has 21 heavy (non-hydrogen) atoms. The predicted molar refractivity (Wildman–Crippen MR) is 85.3 cm³/mol. The minimum absolute atomic E-state index is 0.141. The van der Waals surface area contributed by atoms with Gasteiger partial charge in [0.05, 0.1) is 5.56 Å². The Morgan fingerprint density at radius 2 is 2.33 bits per heavy atom. The molecule has 2 rings (SSSR count). The van der Waals surface area contributed by atoms with Crippen molar-refractivity contribution in [2.24, 2.45) is 10.9 Å². The summed E-state index contributed by atoms with van der Waals surface area (Å²) in [5, 5.41) is 15.6. The number of amidine groups is 1. The van der Waals surface area contributed by atoms with Crippen LogP contribution in [0.5, 0.6) is 0 Å². The van der Waals surface area contributed by atoms with Crippen LogP contribution in [0.4, 0.5) is 4.39 Å². The average molecular weight is 311 g/mol. The van der Waals surface area contributed by atoms with Crippen LogP contribution in [0, 0.1) is 5.82 Å². The Morgan fingerprint density at radius 3 is 3.05 bits per heavy atom. The standard InChI is InChI=1S/C15H22FN3OS/c1-2-21-13-8-4-7-12(13)18-9-10-5-3-6-11(14(10)16)15(17)19-20/h3,5-6,12-13,18,20H,2,4,7-9H2,1H3,(H2,17,19). The highest BCUT2D eigenvalue weighted by atomic mass is 32.2. The highest BCUT2D eigenvalue weighted by Gasteiger charge is 2.26. The second kappa shape index (κ2) is 7.66. The number of thioether (sulfide) groups is 1. The molecule has 0 amide bonds. The van der Waals surface area contributed by atoms with Crippen molar-refractivity contribution in [3.05, 3.63) is 35.1 Å². The van der Waals surface area contributed by atoms with E-state index in [0.29, 0.717) is 23.4 Å². The largest absolute Gasteiger partial charge is 0.409 e. The van der Waals surface area contributed by atoms with E-state index in [0.717, 1.165) is 12.2 Å². The zero-order chi connectivity index (χ0) is 15.2. The van der Waals surface area contributed by atoms with E-state index in [1.54, 1.807) is 12.1 Å². The van der Waals surface area contributed by atoms with E-state index in [-0.39, 0.29) is 11.4 Å². The molecule has 0 heterocycles. The number of halogens is 1. The molecule has 6 heteroatoms. The van der Waals surface area contributed by atoms with Gasteiger partial charge in [-0.3, -0.25) is 0 Å². The number of benzene rings is 1. The van der Waals surface area contributed by atoms with Crippen molar-refractivity contribution < 1.29 is 9.60 Å². The van der Waals surface area contributed by atoms with Crippen LogP contribution in [0.1, 0.15) is 37.3 Å². The summed E-state index contributed by atoms with van der Waals surface area (Å²) in [5.41, 5.74) is 6.17. The third-order valence-corrected chi connectivity index (χ3v) is 5.18. The smallest absolute Gasteiger partial charge is 0.173 e. The first-order chi connectivity index (χ1) is 10.2. The monoisotopic (exact) mass is 311 g/mol. The fourth-order valence-corrected chi connectivity index (χ4v) is 4.01. The number of nitrogens with zero attached hydrogens (tertiary/aromatic N) is 1. The van der Waals surface area contributed by atoms with Gasteiger partial charge in [0.15, 0.2) is 5.84 Å². The Morgan fingerprint density at radius 1 is 1.52 bits per heavy atom. The van der Waals surface area contributed by atoms with Crippen molar-refractivity contribution in [3.63, 3.8) is 0 Å². The van der Waals surface area contributed by atoms with Crippen LogP contribution in [0.15, 0.2) is 23.4 Å². The maximum absolute atomic E-state index is 14.3. The van der Waals surface area contributed by atoms with E-state index in [1.165, 1.54) is 18.9 Å². The molecule has 116 valence electrons. The van der Waals surface area contributed by atoms with Crippen LogP contribution in [0.25, 0.3) is 0 Å². The van der Waals surface area contributed by atoms with Gasteiger partial charge in [0.25, 0.3) is 0 Å². The normalized spacial score (nSPS) is 22.7. The average Bonchev–Trinajstić information content (AvgIpc) is 2.93. The van der Waals surface area contributed by atoms with Crippen molar-refractivity contribution in [1.29, 1.82) is 0 Å². The third-order valence-electron chi connectivity index (χ3n) is 3.85. The summed E-state index contributed by atoms with van der Waals surface area (Å²) in [6, 6.07) is 5.40. The number of nitrogens with one attached hydrogen (secondary N) is 1. The van der Waals surface area contributed by atoms with Gasteiger partial charge in [-0.05, 0) is 24.7 Å². The van der Waals surface area contributed by atoms with Gasteiger partial charge in [0.1, 0.15) is 5.82 Å². The van der Waals surface area contributed by atoms with Gasteiger partial charge >= 0.3 is 0 Å². The van der Waals surface area contributed by atoms with E-state index >= 15 is 0 Å². The Bertz CT molecular complexity index is 510. The van der Waals surface area contributed by atoms with Crippen molar-refractivity contribution in [2.45, 2.75) is 44.0 Å². The summed E-state index contributed by atoms with van der Waals surface area (Å²) in [6.45, 7) is 2.63. The second-order valence-electron chi connectivity index (χ2n) is 5.18. The second-order valence-corrected chi connectivity index (χ2v) is 6.69. The fourth-order valence-electron chi connectivity index (χ4n) is 2.78. The van der Waals surface area contributed by atoms with E-state index in [9.17, 15) is 4.39 Å². The van der Waals surface area contributed by atoms with Gasteiger partial charge in [0.2, 0.25) is 0 Å². The molecule has 0 saturated heterocycles. The SMILES string of the molecule is CCSC1CCCC1NCc1cccc(/C(N)=N/O)c1F. The minimum Gasteiger partial charge on any atom is -0.409 e. The first kappa shape index (κ1) is 16.1. The molecule has 0 spiro atoms. The molecule has 1 aromatic rings. The van der Waals surface area contributed by atoms with Gasteiger partial charge in [-0.1, -0.05) is 30.6 Å². The molecule has 0 radical (unpaired) electrons. The molecule has 2 unspecified atom stereocenters. The molecule has 1 aliphatic rings. The summed E-state index contributed by atoms with van der Waals surface area (Å²) >= 11 is 1.97. The summed E-state index contributed by atoms with van der Waals surface area (Å²) in [4.78, 5) is 0. The lowest BCUT2D eigenvalue weighted by Crippen LogP contribution is -2.34. The molecular weight excluding hydrogens is 289 g/mol. The Kier molecular flexibility index (Phi) is 5.87. The first-order valence-electron chi connectivity index (χ1n) is 7.27. The summed E-state index contributed by atoms with van der Waals surface area (Å²) in [6.07, 6.45) is 3.59. The molecule has 1 aliphatic carbocycles. The summed E-state index contributed by atoms with van der Waals surface area (Å²) < 4.78 is 14.3. The first-order valence-corrected chi connectivity index (χ1v) is 8.32. The van der Waals surface area contributed by atoms with Crippen molar-refractivity contribution >= 4 is 17.6 Å². The molecule has 1 aromatic carbocycles. The van der Waals surface area contributed by atoms with E-state index in [2.05, 4.69) is 17.4 Å². The van der Waals surface area contributed by atoms with Crippen LogP contribution < -0.4 is 11.1 Å². The van der Waals surface area contributed by atoms with Gasteiger partial charge in [-0.25, -0.2) is 4.39 Å². The van der Waals surface area contributed by atoms with Crippen LogP contribution in [0.3, 0.4) is 0 Å². The molecule has 1 fully saturated rings. The number of hydrogen-bond acceptors (Lipinski definition) is 4. The summed E-state index contributed by atoms with van der Waals surface area (Å²) in [5.74, 6) is 0.489. The van der Waals surface area contributed by atoms with Crippen molar-refractivity contribution in [2.75, 3.05) is 5.75 Å². The predicted octanol–water partition coefficient (Wildman–Crippen LogP) is 2.68. The Balaban J connectivity index is 2.03. The van der Waals surface area contributed by atoms with Gasteiger partial charge in [-0.15, -0.1) is 0 Å². The maximum atomic E-state index is 14.3. The number of nitrogens with two attached hydrogens (primary N) is 1. The van der Waals surface area contributed by atoms with Crippen LogP contribution in [-0.2, 0) is 6.54 Å². The molecular formula is C15H22FN3OS. The highest BCUT2D eigenvalue weighted by molar-refractivity contribution is 7.99.